The number of halogens is 3. The Balaban J connectivity index is 3.19. The Bertz CT molecular complexity index is 567. The molecule has 1 aromatic carbocycles. The van der Waals surface area contributed by atoms with Gasteiger partial charge in [0.15, 0.2) is 0 Å². The summed E-state index contributed by atoms with van der Waals surface area (Å²) in [6.07, 6.45) is -0.239. The number of thioether (sulfide) groups is 1. The Hall–Kier alpha value is -1.88. The van der Waals surface area contributed by atoms with Crippen LogP contribution in [0.25, 0.3) is 0 Å². The van der Waals surface area contributed by atoms with Crippen molar-refractivity contribution in [2.45, 2.75) is 23.7 Å². The molecule has 1 aromatic rings. The van der Waals surface area contributed by atoms with Gasteiger partial charge in [-0.25, -0.2) is 0 Å². The van der Waals surface area contributed by atoms with E-state index in [0.717, 1.165) is 12.1 Å². The third-order valence-electron chi connectivity index (χ3n) is 2.38. The minimum atomic E-state index is -4.47. The first-order chi connectivity index (χ1) is 9.80. The SMILES string of the molecule is CCOC(=O)Cc1c(C#N)cc(SC(F)(F)F)cc1OC. The van der Waals surface area contributed by atoms with Crippen molar-refractivity contribution >= 4 is 17.7 Å². The average Bonchev–Trinajstić information content (AvgIpc) is 2.38. The fourth-order valence-corrected chi connectivity index (χ4v) is 2.24. The summed E-state index contributed by atoms with van der Waals surface area (Å²) in [6.45, 7) is 1.80. The number of nitriles is 1. The lowest BCUT2D eigenvalue weighted by atomic mass is 10.0. The largest absolute Gasteiger partial charge is 0.496 e. The first kappa shape index (κ1) is 17.2. The van der Waals surface area contributed by atoms with Crippen LogP contribution in [0.4, 0.5) is 13.2 Å². The second kappa shape index (κ2) is 7.22. The van der Waals surface area contributed by atoms with Gasteiger partial charge in [-0.1, -0.05) is 0 Å². The predicted octanol–water partition coefficient (Wildman–Crippen LogP) is 3.28. The van der Waals surface area contributed by atoms with Crippen molar-refractivity contribution < 1.29 is 27.4 Å². The van der Waals surface area contributed by atoms with Crippen molar-refractivity contribution in [3.8, 4) is 11.8 Å². The molecule has 0 amide bonds. The Morgan fingerprint density at radius 2 is 2.10 bits per heavy atom. The summed E-state index contributed by atoms with van der Waals surface area (Å²) in [7, 11) is 1.26. The molecule has 0 N–H and O–H groups in total. The van der Waals surface area contributed by atoms with E-state index < -0.39 is 11.5 Å². The lowest BCUT2D eigenvalue weighted by Crippen LogP contribution is -2.10. The van der Waals surface area contributed by atoms with Gasteiger partial charge in [-0.15, -0.1) is 0 Å². The second-order valence-corrected chi connectivity index (χ2v) is 4.93. The van der Waals surface area contributed by atoms with E-state index in [0.29, 0.717) is 0 Å². The molecule has 21 heavy (non-hydrogen) atoms. The van der Waals surface area contributed by atoms with E-state index in [4.69, 9.17) is 14.7 Å². The summed E-state index contributed by atoms with van der Waals surface area (Å²) in [5.41, 5.74) is -4.31. The van der Waals surface area contributed by atoms with Crippen molar-refractivity contribution in [1.29, 1.82) is 5.26 Å². The average molecular weight is 319 g/mol. The van der Waals surface area contributed by atoms with E-state index in [2.05, 4.69) is 0 Å². The van der Waals surface area contributed by atoms with Gasteiger partial charge >= 0.3 is 11.5 Å². The van der Waals surface area contributed by atoms with E-state index in [-0.39, 0.29) is 46.6 Å². The molecular formula is C13H12F3NO3S. The third kappa shape index (κ3) is 5.19. The Kier molecular flexibility index (Phi) is 5.90. The monoisotopic (exact) mass is 319 g/mol. The molecule has 0 saturated heterocycles. The van der Waals surface area contributed by atoms with Gasteiger partial charge in [0, 0.05) is 10.5 Å². The Labute approximate surface area is 123 Å². The van der Waals surface area contributed by atoms with Gasteiger partial charge in [0.25, 0.3) is 0 Å². The number of alkyl halides is 3. The molecule has 0 saturated carbocycles. The van der Waals surface area contributed by atoms with Gasteiger partial charge in [-0.3, -0.25) is 4.79 Å². The van der Waals surface area contributed by atoms with E-state index in [1.54, 1.807) is 13.0 Å². The first-order valence-corrected chi connectivity index (χ1v) is 6.64. The third-order valence-corrected chi connectivity index (χ3v) is 3.09. The van der Waals surface area contributed by atoms with Crippen LogP contribution in [-0.4, -0.2) is 25.2 Å². The molecule has 0 aliphatic carbocycles. The summed E-state index contributed by atoms with van der Waals surface area (Å²) in [4.78, 5) is 11.3. The van der Waals surface area contributed by atoms with Crippen LogP contribution >= 0.6 is 11.8 Å². The highest BCUT2D eigenvalue weighted by Gasteiger charge is 2.30. The van der Waals surface area contributed by atoms with Crippen molar-refractivity contribution in [1.82, 2.24) is 0 Å². The summed E-state index contributed by atoms with van der Waals surface area (Å²) in [5, 5.41) is 9.06. The van der Waals surface area contributed by atoms with Crippen molar-refractivity contribution in [2.24, 2.45) is 0 Å². The topological polar surface area (TPSA) is 59.3 Å². The molecular weight excluding hydrogens is 307 g/mol. The molecule has 114 valence electrons. The lowest BCUT2D eigenvalue weighted by Gasteiger charge is -2.13. The maximum absolute atomic E-state index is 12.4. The minimum absolute atomic E-state index is 0.0471. The lowest BCUT2D eigenvalue weighted by molar-refractivity contribution is -0.142. The second-order valence-electron chi connectivity index (χ2n) is 3.79. The van der Waals surface area contributed by atoms with Crippen molar-refractivity contribution in [3.63, 3.8) is 0 Å². The Morgan fingerprint density at radius 3 is 2.57 bits per heavy atom. The number of benzene rings is 1. The van der Waals surface area contributed by atoms with Gasteiger partial charge in [0.05, 0.1) is 31.8 Å². The van der Waals surface area contributed by atoms with Crippen LogP contribution in [0.3, 0.4) is 0 Å². The van der Waals surface area contributed by atoms with Crippen molar-refractivity contribution in [2.75, 3.05) is 13.7 Å². The normalized spacial score (nSPS) is 10.9. The number of rotatable bonds is 5. The van der Waals surface area contributed by atoms with Crippen LogP contribution in [0.1, 0.15) is 18.1 Å². The number of hydrogen-bond acceptors (Lipinski definition) is 5. The standard InChI is InChI=1S/C13H12F3NO3S/c1-3-20-12(18)6-10-8(7-17)4-9(5-11(10)19-2)21-13(14,15)16/h4-5H,3,6H2,1-2H3. The molecule has 0 aliphatic heterocycles. The van der Waals surface area contributed by atoms with E-state index in [1.807, 2.05) is 0 Å². The van der Waals surface area contributed by atoms with Crippen LogP contribution in [0.5, 0.6) is 5.75 Å². The number of methoxy groups -OCH3 is 1. The van der Waals surface area contributed by atoms with Gasteiger partial charge in [0.1, 0.15) is 5.75 Å². The minimum Gasteiger partial charge on any atom is -0.496 e. The Morgan fingerprint density at radius 1 is 1.43 bits per heavy atom. The van der Waals surface area contributed by atoms with Gasteiger partial charge < -0.3 is 9.47 Å². The van der Waals surface area contributed by atoms with Crippen LogP contribution in [0, 0.1) is 11.3 Å². The molecule has 8 heteroatoms. The molecule has 0 fully saturated rings. The molecule has 0 spiro atoms. The van der Waals surface area contributed by atoms with E-state index in [1.165, 1.54) is 7.11 Å². The maximum atomic E-state index is 12.4. The van der Waals surface area contributed by atoms with Crippen LogP contribution in [-0.2, 0) is 16.0 Å². The van der Waals surface area contributed by atoms with Gasteiger partial charge in [-0.05, 0) is 30.8 Å². The molecule has 0 atom stereocenters. The van der Waals surface area contributed by atoms with Crippen LogP contribution in [0.15, 0.2) is 17.0 Å². The molecule has 0 bridgehead atoms. The molecule has 4 nitrogen and oxygen atoms in total. The van der Waals surface area contributed by atoms with Gasteiger partial charge in [-0.2, -0.15) is 18.4 Å². The quantitative estimate of drug-likeness (QED) is 0.616. The summed E-state index contributed by atoms with van der Waals surface area (Å²) in [5.74, 6) is -0.530. The number of esters is 1. The highest BCUT2D eigenvalue weighted by atomic mass is 32.2. The van der Waals surface area contributed by atoms with Gasteiger partial charge in [0.2, 0.25) is 0 Å². The summed E-state index contributed by atoms with van der Waals surface area (Å²) < 4.78 is 46.9. The van der Waals surface area contributed by atoms with E-state index >= 15 is 0 Å². The zero-order valence-corrected chi connectivity index (χ0v) is 12.1. The zero-order chi connectivity index (χ0) is 16.0. The predicted molar refractivity (Wildman–Crippen MR) is 70.0 cm³/mol. The number of hydrogen-bond donors (Lipinski definition) is 0. The van der Waals surface area contributed by atoms with Crippen molar-refractivity contribution in [3.05, 3.63) is 23.3 Å². The molecule has 0 aromatic heterocycles. The molecule has 1 rings (SSSR count). The fraction of sp³-hybridized carbons (Fsp3) is 0.385. The maximum Gasteiger partial charge on any atom is 0.446 e. The summed E-state index contributed by atoms with van der Waals surface area (Å²) in [6, 6.07) is 4.00. The molecule has 0 heterocycles. The summed E-state index contributed by atoms with van der Waals surface area (Å²) >= 11 is -0.350. The smallest absolute Gasteiger partial charge is 0.446 e. The highest BCUT2D eigenvalue weighted by Crippen LogP contribution is 2.40. The first-order valence-electron chi connectivity index (χ1n) is 5.83. The van der Waals surface area contributed by atoms with Crippen LogP contribution in [0.2, 0.25) is 0 Å². The number of ether oxygens (including phenoxy) is 2. The molecule has 0 aliphatic rings. The zero-order valence-electron chi connectivity index (χ0n) is 11.3. The number of carbonyl (C=O) groups is 1. The van der Waals surface area contributed by atoms with Crippen LogP contribution < -0.4 is 4.74 Å². The number of carbonyl (C=O) groups excluding carboxylic acids is 1. The number of nitrogens with zero attached hydrogens (tertiary/aromatic N) is 1. The molecule has 0 unspecified atom stereocenters. The molecule has 0 radical (unpaired) electrons. The van der Waals surface area contributed by atoms with E-state index in [9.17, 15) is 18.0 Å². The highest BCUT2D eigenvalue weighted by molar-refractivity contribution is 8.00. The fourth-order valence-electron chi connectivity index (χ4n) is 1.63.